The van der Waals surface area contributed by atoms with Gasteiger partial charge in [0.25, 0.3) is 0 Å². The Balaban J connectivity index is 2.00. The summed E-state index contributed by atoms with van der Waals surface area (Å²) < 4.78 is 10.9. The molecule has 0 aliphatic rings. The monoisotopic (exact) mass is 233 g/mol. The van der Waals surface area contributed by atoms with Crippen molar-refractivity contribution in [2.45, 2.75) is 0 Å². The number of benzene rings is 2. The molecule has 2 nitrogen and oxygen atoms in total. The second-order valence-corrected chi connectivity index (χ2v) is 4.24. The summed E-state index contributed by atoms with van der Waals surface area (Å²) in [5.41, 5.74) is 3.84. The number of hydrogen-bond acceptors (Lipinski definition) is 2. The summed E-state index contributed by atoms with van der Waals surface area (Å²) in [5, 5.41) is 2.18. The molecule has 2 aromatic carbocycles. The SMILES string of the molecule is [c]1cccc2c(-c3ccc4ccoc4c3)coc12. The third-order valence-corrected chi connectivity index (χ3v) is 3.17. The van der Waals surface area contributed by atoms with Crippen LogP contribution in [0.5, 0.6) is 0 Å². The number of hydrogen-bond donors (Lipinski definition) is 0. The summed E-state index contributed by atoms with van der Waals surface area (Å²) >= 11 is 0. The van der Waals surface area contributed by atoms with Crippen LogP contribution in [-0.2, 0) is 0 Å². The van der Waals surface area contributed by atoms with Crippen molar-refractivity contribution in [3.63, 3.8) is 0 Å². The van der Waals surface area contributed by atoms with Crippen LogP contribution in [0.2, 0.25) is 0 Å². The average Bonchev–Trinajstić information content (AvgIpc) is 3.04. The Kier molecular flexibility index (Phi) is 1.86. The summed E-state index contributed by atoms with van der Waals surface area (Å²) in [6.07, 6.45) is 3.47. The van der Waals surface area contributed by atoms with E-state index in [1.54, 1.807) is 12.5 Å². The van der Waals surface area contributed by atoms with Gasteiger partial charge in [-0.3, -0.25) is 0 Å². The first kappa shape index (κ1) is 9.54. The lowest BCUT2D eigenvalue weighted by atomic mass is 10.0. The quantitative estimate of drug-likeness (QED) is 0.478. The molecule has 0 bridgehead atoms. The molecule has 0 unspecified atom stereocenters. The van der Waals surface area contributed by atoms with E-state index in [0.717, 1.165) is 33.1 Å². The zero-order valence-electron chi connectivity index (χ0n) is 9.51. The van der Waals surface area contributed by atoms with Crippen molar-refractivity contribution in [3.8, 4) is 11.1 Å². The van der Waals surface area contributed by atoms with E-state index in [1.807, 2.05) is 30.3 Å². The molecule has 0 fully saturated rings. The number of furan rings is 2. The van der Waals surface area contributed by atoms with Gasteiger partial charge in [-0.1, -0.05) is 30.3 Å². The number of fused-ring (bicyclic) bond motifs is 2. The van der Waals surface area contributed by atoms with Gasteiger partial charge in [0, 0.05) is 22.4 Å². The highest BCUT2D eigenvalue weighted by atomic mass is 16.3. The Hall–Kier alpha value is -2.48. The highest BCUT2D eigenvalue weighted by Crippen LogP contribution is 2.32. The molecule has 0 saturated carbocycles. The van der Waals surface area contributed by atoms with E-state index in [0.29, 0.717) is 0 Å². The number of para-hydroxylation sites is 1. The van der Waals surface area contributed by atoms with E-state index in [-0.39, 0.29) is 0 Å². The summed E-state index contributed by atoms with van der Waals surface area (Å²) in [7, 11) is 0. The third kappa shape index (κ3) is 1.29. The molecule has 2 heterocycles. The second-order valence-electron chi connectivity index (χ2n) is 4.24. The minimum atomic E-state index is 0.784. The van der Waals surface area contributed by atoms with Crippen LogP contribution in [-0.4, -0.2) is 0 Å². The van der Waals surface area contributed by atoms with Crippen molar-refractivity contribution in [1.29, 1.82) is 0 Å². The molecule has 0 aliphatic carbocycles. The lowest BCUT2D eigenvalue weighted by Gasteiger charge is -1.98. The van der Waals surface area contributed by atoms with Crippen molar-refractivity contribution in [1.82, 2.24) is 0 Å². The predicted octanol–water partition coefficient (Wildman–Crippen LogP) is 4.65. The van der Waals surface area contributed by atoms with E-state index in [9.17, 15) is 0 Å². The molecular weight excluding hydrogens is 224 g/mol. The summed E-state index contributed by atoms with van der Waals surface area (Å²) in [4.78, 5) is 0. The summed E-state index contributed by atoms with van der Waals surface area (Å²) in [6, 6.07) is 17.1. The fourth-order valence-corrected chi connectivity index (χ4v) is 2.26. The average molecular weight is 233 g/mol. The van der Waals surface area contributed by atoms with Crippen LogP contribution >= 0.6 is 0 Å². The first-order valence-electron chi connectivity index (χ1n) is 5.77. The van der Waals surface area contributed by atoms with E-state index in [1.165, 1.54) is 0 Å². The molecule has 0 spiro atoms. The van der Waals surface area contributed by atoms with E-state index in [2.05, 4.69) is 18.2 Å². The third-order valence-electron chi connectivity index (χ3n) is 3.17. The normalized spacial score (nSPS) is 11.3. The van der Waals surface area contributed by atoms with Gasteiger partial charge < -0.3 is 8.83 Å². The van der Waals surface area contributed by atoms with Gasteiger partial charge in [0.05, 0.1) is 12.5 Å². The van der Waals surface area contributed by atoms with Gasteiger partial charge in [-0.2, -0.15) is 0 Å². The van der Waals surface area contributed by atoms with Crippen molar-refractivity contribution < 1.29 is 8.83 Å². The van der Waals surface area contributed by atoms with Gasteiger partial charge in [0.2, 0.25) is 0 Å². The van der Waals surface area contributed by atoms with Gasteiger partial charge in [-0.05, 0) is 17.7 Å². The lowest BCUT2D eigenvalue weighted by Crippen LogP contribution is -1.75. The smallest absolute Gasteiger partial charge is 0.142 e. The highest BCUT2D eigenvalue weighted by Gasteiger charge is 2.08. The molecule has 4 rings (SSSR count). The van der Waals surface area contributed by atoms with Crippen LogP contribution in [0.3, 0.4) is 0 Å². The molecule has 0 atom stereocenters. The minimum Gasteiger partial charge on any atom is -0.464 e. The molecule has 0 amide bonds. The van der Waals surface area contributed by atoms with E-state index < -0.39 is 0 Å². The molecule has 1 radical (unpaired) electrons. The number of rotatable bonds is 1. The molecule has 0 saturated heterocycles. The van der Waals surface area contributed by atoms with E-state index >= 15 is 0 Å². The van der Waals surface area contributed by atoms with Gasteiger partial charge in [-0.15, -0.1) is 0 Å². The molecule has 85 valence electrons. The first-order valence-corrected chi connectivity index (χ1v) is 5.77. The maximum absolute atomic E-state index is 5.51. The summed E-state index contributed by atoms with van der Waals surface area (Å²) in [5.74, 6) is 0. The van der Waals surface area contributed by atoms with Crippen LogP contribution in [0, 0.1) is 6.07 Å². The molecule has 4 aromatic rings. The molecule has 18 heavy (non-hydrogen) atoms. The maximum Gasteiger partial charge on any atom is 0.142 e. The van der Waals surface area contributed by atoms with Gasteiger partial charge >= 0.3 is 0 Å². The summed E-state index contributed by atoms with van der Waals surface area (Å²) in [6.45, 7) is 0. The molecule has 0 aliphatic heterocycles. The Morgan fingerprint density at radius 2 is 2.00 bits per heavy atom. The Bertz CT molecular complexity index is 836. The molecular formula is C16H9O2. The predicted molar refractivity (Wildman–Crippen MR) is 70.3 cm³/mol. The second kappa shape index (κ2) is 3.50. The van der Waals surface area contributed by atoms with Crippen LogP contribution in [0.25, 0.3) is 33.1 Å². The Labute approximate surface area is 103 Å². The highest BCUT2D eigenvalue weighted by molar-refractivity contribution is 5.95. The Morgan fingerprint density at radius 3 is 3.00 bits per heavy atom. The fraction of sp³-hybridized carbons (Fsp3) is 0. The molecule has 0 N–H and O–H groups in total. The maximum atomic E-state index is 5.51. The standard InChI is InChI=1S/C16H9O2/c1-2-4-15-13(3-1)14(10-18-15)12-6-5-11-7-8-17-16(11)9-12/h1-3,5-10H. The van der Waals surface area contributed by atoms with Crippen LogP contribution < -0.4 is 0 Å². The largest absolute Gasteiger partial charge is 0.464 e. The first-order chi connectivity index (χ1) is 8.92. The van der Waals surface area contributed by atoms with Crippen molar-refractivity contribution >= 4 is 21.9 Å². The van der Waals surface area contributed by atoms with Crippen molar-refractivity contribution in [2.24, 2.45) is 0 Å². The molecule has 2 heteroatoms. The molecule has 2 aromatic heterocycles. The lowest BCUT2D eigenvalue weighted by molar-refractivity contribution is 0.615. The fourth-order valence-electron chi connectivity index (χ4n) is 2.26. The van der Waals surface area contributed by atoms with Gasteiger partial charge in [-0.25, -0.2) is 0 Å². The van der Waals surface area contributed by atoms with Crippen molar-refractivity contribution in [3.05, 3.63) is 61.1 Å². The van der Waals surface area contributed by atoms with Crippen molar-refractivity contribution in [2.75, 3.05) is 0 Å². The van der Waals surface area contributed by atoms with Crippen LogP contribution in [0.4, 0.5) is 0 Å². The van der Waals surface area contributed by atoms with Crippen LogP contribution in [0.1, 0.15) is 0 Å². The minimum absolute atomic E-state index is 0.784. The zero-order chi connectivity index (χ0) is 11.9. The van der Waals surface area contributed by atoms with Gasteiger partial charge in [0.15, 0.2) is 0 Å². The Morgan fingerprint density at radius 1 is 1.00 bits per heavy atom. The van der Waals surface area contributed by atoms with Gasteiger partial charge in [0.1, 0.15) is 11.2 Å². The van der Waals surface area contributed by atoms with E-state index in [4.69, 9.17) is 8.83 Å². The van der Waals surface area contributed by atoms with Crippen LogP contribution in [0.15, 0.2) is 63.8 Å². The zero-order valence-corrected chi connectivity index (χ0v) is 9.51. The topological polar surface area (TPSA) is 26.3 Å².